The van der Waals surface area contributed by atoms with E-state index in [0.29, 0.717) is 39.5 Å². The molecule has 0 radical (unpaired) electrons. The van der Waals surface area contributed by atoms with Gasteiger partial charge in [0.25, 0.3) is 11.4 Å². The van der Waals surface area contributed by atoms with Crippen LogP contribution < -0.4 is 5.56 Å². The molecule has 5 rings (SSSR count). The van der Waals surface area contributed by atoms with Gasteiger partial charge >= 0.3 is 5.97 Å². The minimum atomic E-state index is -0.564. The molecule has 0 spiro atoms. The molecule has 8 nitrogen and oxygen atoms in total. The Kier molecular flexibility index (Phi) is 4.55. The largest absolute Gasteiger partial charge is 0.452 e. The first-order valence-corrected chi connectivity index (χ1v) is 9.75. The second kappa shape index (κ2) is 7.38. The molecule has 1 aliphatic rings. The minimum absolute atomic E-state index is 0.0759. The number of ether oxygens (including phenoxy) is 1. The Bertz CT molecular complexity index is 1330. The van der Waals surface area contributed by atoms with Crippen LogP contribution in [-0.4, -0.2) is 25.7 Å². The van der Waals surface area contributed by atoms with E-state index in [0.717, 1.165) is 18.7 Å². The fourth-order valence-electron chi connectivity index (χ4n) is 3.44. The Morgan fingerprint density at radius 2 is 2.00 bits per heavy atom. The van der Waals surface area contributed by atoms with Gasteiger partial charge in [0.1, 0.15) is 5.82 Å². The minimum Gasteiger partial charge on any atom is -0.452 e. The molecule has 0 saturated carbocycles. The summed E-state index contributed by atoms with van der Waals surface area (Å²) in [5.41, 5.74) is 1.43. The van der Waals surface area contributed by atoms with Crippen LogP contribution in [0.2, 0.25) is 5.02 Å². The zero-order chi connectivity index (χ0) is 20.7. The molecule has 0 saturated heterocycles. The van der Waals surface area contributed by atoms with Gasteiger partial charge in [0.05, 0.1) is 16.5 Å². The number of hydrogen-bond donors (Lipinski definition) is 0. The summed E-state index contributed by atoms with van der Waals surface area (Å²) in [5, 5.41) is 8.94. The number of carbonyl (C=O) groups excluding carboxylic acids is 1. The van der Waals surface area contributed by atoms with Crippen molar-refractivity contribution in [1.82, 2.24) is 19.7 Å². The van der Waals surface area contributed by atoms with Gasteiger partial charge < -0.3 is 9.15 Å². The van der Waals surface area contributed by atoms with Crippen molar-refractivity contribution in [3.8, 4) is 11.5 Å². The summed E-state index contributed by atoms with van der Waals surface area (Å²) in [6.45, 7) is 0.515. The van der Waals surface area contributed by atoms with Crippen LogP contribution in [0.5, 0.6) is 0 Å². The number of carbonyl (C=O) groups is 1. The lowest BCUT2D eigenvalue weighted by atomic mass is 10.1. The highest BCUT2D eigenvalue weighted by Crippen LogP contribution is 2.21. The van der Waals surface area contributed by atoms with Crippen LogP contribution in [0.4, 0.5) is 0 Å². The number of fused-ring (bicyclic) bond motifs is 2. The average molecular weight is 423 g/mol. The highest BCUT2D eigenvalue weighted by atomic mass is 35.5. The van der Waals surface area contributed by atoms with Gasteiger partial charge in [0, 0.05) is 23.6 Å². The fourth-order valence-corrected chi connectivity index (χ4v) is 3.57. The second-order valence-corrected chi connectivity index (χ2v) is 7.34. The normalized spacial score (nSPS) is 12.8. The third-order valence-electron chi connectivity index (χ3n) is 4.94. The molecule has 0 aliphatic carbocycles. The van der Waals surface area contributed by atoms with Gasteiger partial charge in [-0.2, -0.15) is 0 Å². The van der Waals surface area contributed by atoms with Gasteiger partial charge in [-0.15, -0.1) is 10.2 Å². The first-order valence-electron chi connectivity index (χ1n) is 9.37. The number of aromatic nitrogens is 4. The molecule has 4 aromatic rings. The van der Waals surface area contributed by atoms with E-state index in [-0.39, 0.29) is 18.1 Å². The van der Waals surface area contributed by atoms with Crippen molar-refractivity contribution in [1.29, 1.82) is 0 Å². The number of esters is 1. The molecule has 2 aromatic heterocycles. The molecule has 0 atom stereocenters. The van der Waals surface area contributed by atoms with Crippen LogP contribution in [0, 0.1) is 0 Å². The van der Waals surface area contributed by atoms with Crippen LogP contribution in [0.25, 0.3) is 22.4 Å². The van der Waals surface area contributed by atoms with E-state index in [2.05, 4.69) is 15.2 Å². The van der Waals surface area contributed by atoms with E-state index in [4.69, 9.17) is 20.8 Å². The molecule has 0 unspecified atom stereocenters. The van der Waals surface area contributed by atoms with E-state index in [1.165, 1.54) is 0 Å². The molecular weight excluding hydrogens is 408 g/mol. The lowest BCUT2D eigenvalue weighted by Gasteiger charge is -2.06. The Morgan fingerprint density at radius 1 is 1.17 bits per heavy atom. The highest BCUT2D eigenvalue weighted by Gasteiger charge is 2.18. The molecule has 1 aliphatic heterocycles. The predicted octanol–water partition coefficient (Wildman–Crippen LogP) is 3.40. The molecule has 9 heteroatoms. The van der Waals surface area contributed by atoms with Crippen molar-refractivity contribution in [2.24, 2.45) is 0 Å². The molecule has 30 heavy (non-hydrogen) atoms. The SMILES string of the molecule is O=C(OCc1nnc(-c2ccc(Cl)cc2)o1)c1ccc2c(=O)n3c(nc2c1)CCC3. The highest BCUT2D eigenvalue weighted by molar-refractivity contribution is 6.30. The van der Waals surface area contributed by atoms with E-state index in [1.54, 1.807) is 47.0 Å². The summed E-state index contributed by atoms with van der Waals surface area (Å²) in [6, 6.07) is 11.7. The summed E-state index contributed by atoms with van der Waals surface area (Å²) in [5.74, 6) is 0.661. The topological polar surface area (TPSA) is 100 Å². The first kappa shape index (κ1) is 18.5. The van der Waals surface area contributed by atoms with E-state index in [9.17, 15) is 9.59 Å². The molecule has 0 N–H and O–H groups in total. The van der Waals surface area contributed by atoms with Gasteiger partial charge in [-0.1, -0.05) is 11.6 Å². The number of aryl methyl sites for hydroxylation is 1. The third kappa shape index (κ3) is 3.35. The summed E-state index contributed by atoms with van der Waals surface area (Å²) in [4.78, 5) is 29.5. The van der Waals surface area contributed by atoms with Gasteiger partial charge in [-0.05, 0) is 48.9 Å². The molecule has 0 bridgehead atoms. The number of hydrogen-bond acceptors (Lipinski definition) is 7. The summed E-state index contributed by atoms with van der Waals surface area (Å²) in [7, 11) is 0. The summed E-state index contributed by atoms with van der Waals surface area (Å²) in [6.07, 6.45) is 1.66. The van der Waals surface area contributed by atoms with Crippen LogP contribution in [0.15, 0.2) is 51.7 Å². The molecule has 3 heterocycles. The standard InChI is InChI=1S/C21H15ClN4O4/c22-14-6-3-12(4-7-14)19-25-24-18(30-19)11-29-21(28)13-5-8-15-16(10-13)23-17-2-1-9-26(17)20(15)27/h3-8,10H,1-2,9,11H2. The fraction of sp³-hybridized carbons (Fsp3) is 0.190. The molecule has 2 aromatic carbocycles. The molecule has 150 valence electrons. The van der Waals surface area contributed by atoms with E-state index >= 15 is 0 Å². The maximum absolute atomic E-state index is 12.5. The lowest BCUT2D eigenvalue weighted by Crippen LogP contribution is -2.21. The van der Waals surface area contributed by atoms with Gasteiger partial charge in [-0.3, -0.25) is 9.36 Å². The van der Waals surface area contributed by atoms with Crippen LogP contribution >= 0.6 is 11.6 Å². The van der Waals surface area contributed by atoms with Gasteiger partial charge in [0.15, 0.2) is 6.61 Å². The second-order valence-electron chi connectivity index (χ2n) is 6.90. The number of nitrogens with zero attached hydrogens (tertiary/aromatic N) is 4. The number of benzene rings is 2. The van der Waals surface area contributed by atoms with Crippen molar-refractivity contribution >= 4 is 28.5 Å². The van der Waals surface area contributed by atoms with Crippen molar-refractivity contribution in [2.75, 3.05) is 0 Å². The lowest BCUT2D eigenvalue weighted by molar-refractivity contribution is 0.0439. The van der Waals surface area contributed by atoms with Crippen LogP contribution in [0.1, 0.15) is 28.5 Å². The van der Waals surface area contributed by atoms with Crippen molar-refractivity contribution in [3.05, 3.63) is 75.1 Å². The van der Waals surface area contributed by atoms with Crippen molar-refractivity contribution < 1.29 is 13.9 Å². The van der Waals surface area contributed by atoms with E-state index in [1.807, 2.05) is 0 Å². The molecule has 0 fully saturated rings. The summed E-state index contributed by atoms with van der Waals surface area (Å²) < 4.78 is 12.5. The number of halogens is 1. The van der Waals surface area contributed by atoms with Crippen molar-refractivity contribution in [2.45, 2.75) is 26.0 Å². The Hall–Kier alpha value is -3.52. The van der Waals surface area contributed by atoms with Crippen LogP contribution in [0.3, 0.4) is 0 Å². The van der Waals surface area contributed by atoms with Crippen LogP contribution in [-0.2, 0) is 24.3 Å². The van der Waals surface area contributed by atoms with Gasteiger partial charge in [-0.25, -0.2) is 9.78 Å². The monoisotopic (exact) mass is 422 g/mol. The Morgan fingerprint density at radius 3 is 2.83 bits per heavy atom. The maximum Gasteiger partial charge on any atom is 0.338 e. The van der Waals surface area contributed by atoms with Crippen molar-refractivity contribution in [3.63, 3.8) is 0 Å². The van der Waals surface area contributed by atoms with E-state index < -0.39 is 5.97 Å². The molecular formula is C21H15ClN4O4. The zero-order valence-corrected chi connectivity index (χ0v) is 16.4. The quantitative estimate of drug-likeness (QED) is 0.464. The maximum atomic E-state index is 12.5. The third-order valence-corrected chi connectivity index (χ3v) is 5.19. The predicted molar refractivity (Wildman–Crippen MR) is 108 cm³/mol. The Balaban J connectivity index is 1.32. The average Bonchev–Trinajstić information content (AvgIpc) is 3.42. The number of rotatable bonds is 4. The zero-order valence-electron chi connectivity index (χ0n) is 15.7. The first-order chi connectivity index (χ1) is 14.6. The molecule has 0 amide bonds. The summed E-state index contributed by atoms with van der Waals surface area (Å²) >= 11 is 5.87. The van der Waals surface area contributed by atoms with Gasteiger partial charge in [0.2, 0.25) is 5.89 Å². The smallest absolute Gasteiger partial charge is 0.338 e. The Labute approximate surface area is 175 Å².